The maximum Gasteiger partial charge on any atom is 0.219 e. The fourth-order valence-electron chi connectivity index (χ4n) is 1.66. The van der Waals surface area contributed by atoms with E-state index < -0.39 is 0 Å². The Bertz CT molecular complexity index is 194. The van der Waals surface area contributed by atoms with E-state index >= 15 is 0 Å². The highest BCUT2D eigenvalue weighted by Gasteiger charge is 2.18. The summed E-state index contributed by atoms with van der Waals surface area (Å²) in [4.78, 5) is 23.2. The molecule has 1 aliphatic rings. The number of rotatable bonds is 2. The fraction of sp³-hybridized carbons (Fsp3) is 0.778. The van der Waals surface area contributed by atoms with Gasteiger partial charge in [0.15, 0.2) is 0 Å². The first-order valence-electron chi connectivity index (χ1n) is 4.69. The smallest absolute Gasteiger partial charge is 0.219 e. The van der Waals surface area contributed by atoms with E-state index in [4.69, 9.17) is 0 Å². The quantitative estimate of drug-likeness (QED) is 0.620. The summed E-state index contributed by atoms with van der Waals surface area (Å²) in [6.07, 6.45) is 3.81. The number of nitrogens with zero attached hydrogens (tertiary/aromatic N) is 1. The lowest BCUT2D eigenvalue weighted by molar-refractivity contribution is -0.129. The van der Waals surface area contributed by atoms with Gasteiger partial charge < -0.3 is 10.2 Å². The van der Waals surface area contributed by atoms with Gasteiger partial charge in [-0.05, 0) is 19.3 Å². The van der Waals surface area contributed by atoms with Crippen LogP contribution in [0.25, 0.3) is 0 Å². The van der Waals surface area contributed by atoms with Crippen LogP contribution in [0.15, 0.2) is 0 Å². The third kappa shape index (κ3) is 3.05. The van der Waals surface area contributed by atoms with Crippen LogP contribution in [0.5, 0.6) is 0 Å². The van der Waals surface area contributed by atoms with E-state index in [-0.39, 0.29) is 11.9 Å². The van der Waals surface area contributed by atoms with Gasteiger partial charge in [-0.3, -0.25) is 9.59 Å². The van der Waals surface area contributed by atoms with Gasteiger partial charge in [0.05, 0.1) is 0 Å². The van der Waals surface area contributed by atoms with Gasteiger partial charge in [0, 0.05) is 26.1 Å². The van der Waals surface area contributed by atoms with Gasteiger partial charge in [-0.2, -0.15) is 0 Å². The molecule has 0 unspecified atom stereocenters. The zero-order chi connectivity index (χ0) is 9.68. The molecule has 1 fully saturated rings. The molecule has 0 aliphatic carbocycles. The third-order valence-corrected chi connectivity index (χ3v) is 2.42. The van der Waals surface area contributed by atoms with E-state index in [1.54, 1.807) is 11.8 Å². The van der Waals surface area contributed by atoms with Crippen molar-refractivity contribution in [2.45, 2.75) is 32.2 Å². The SMILES string of the molecule is CC(=O)N1CCCC[C@H](NC=O)C1. The molecule has 0 aromatic carbocycles. The summed E-state index contributed by atoms with van der Waals surface area (Å²) in [6.45, 7) is 3.06. The van der Waals surface area contributed by atoms with Crippen LogP contribution in [-0.2, 0) is 9.59 Å². The molecule has 1 saturated heterocycles. The molecule has 4 heteroatoms. The van der Waals surface area contributed by atoms with Crippen molar-refractivity contribution in [2.75, 3.05) is 13.1 Å². The Balaban J connectivity index is 2.48. The Morgan fingerprint density at radius 2 is 2.31 bits per heavy atom. The second-order valence-electron chi connectivity index (χ2n) is 3.44. The van der Waals surface area contributed by atoms with Gasteiger partial charge in [0.25, 0.3) is 0 Å². The van der Waals surface area contributed by atoms with Crippen molar-refractivity contribution in [3.05, 3.63) is 0 Å². The van der Waals surface area contributed by atoms with Crippen LogP contribution in [-0.4, -0.2) is 36.3 Å². The first-order valence-corrected chi connectivity index (χ1v) is 4.69. The van der Waals surface area contributed by atoms with Gasteiger partial charge in [-0.25, -0.2) is 0 Å². The molecule has 0 radical (unpaired) electrons. The number of carbonyl (C=O) groups excluding carboxylic acids is 2. The van der Waals surface area contributed by atoms with E-state index in [9.17, 15) is 9.59 Å². The van der Waals surface area contributed by atoms with Crippen molar-refractivity contribution in [1.29, 1.82) is 0 Å². The largest absolute Gasteiger partial charge is 0.354 e. The molecular formula is C9H16N2O2. The zero-order valence-electron chi connectivity index (χ0n) is 7.95. The zero-order valence-corrected chi connectivity index (χ0v) is 7.95. The summed E-state index contributed by atoms with van der Waals surface area (Å²) in [5.74, 6) is 0.0969. The van der Waals surface area contributed by atoms with E-state index in [0.29, 0.717) is 13.0 Å². The van der Waals surface area contributed by atoms with E-state index in [2.05, 4.69) is 5.32 Å². The molecule has 13 heavy (non-hydrogen) atoms. The molecule has 0 bridgehead atoms. The molecule has 1 rings (SSSR count). The number of likely N-dealkylation sites (tertiary alicyclic amines) is 1. The Kier molecular flexibility index (Phi) is 3.73. The van der Waals surface area contributed by atoms with Gasteiger partial charge in [0.1, 0.15) is 0 Å². The van der Waals surface area contributed by atoms with Crippen LogP contribution in [0.2, 0.25) is 0 Å². The standard InChI is InChI=1S/C9H16N2O2/c1-8(13)11-5-3-2-4-9(6-11)10-7-12/h7,9H,2-6H2,1H3,(H,10,12)/t9-/m0/s1. The monoisotopic (exact) mass is 184 g/mol. The number of amides is 2. The molecule has 2 amide bonds. The molecule has 1 heterocycles. The van der Waals surface area contributed by atoms with E-state index in [1.165, 1.54) is 0 Å². The molecule has 74 valence electrons. The Morgan fingerprint density at radius 3 is 2.92 bits per heavy atom. The number of nitrogens with one attached hydrogen (secondary N) is 1. The molecule has 0 saturated carbocycles. The average molecular weight is 184 g/mol. The molecule has 1 atom stereocenters. The average Bonchev–Trinajstić information content (AvgIpc) is 2.30. The Hall–Kier alpha value is -1.06. The highest BCUT2D eigenvalue weighted by atomic mass is 16.2. The summed E-state index contributed by atoms with van der Waals surface area (Å²) in [5.41, 5.74) is 0. The van der Waals surface area contributed by atoms with Crippen molar-refractivity contribution in [2.24, 2.45) is 0 Å². The van der Waals surface area contributed by atoms with Crippen LogP contribution in [0, 0.1) is 0 Å². The molecular weight excluding hydrogens is 168 g/mol. The topological polar surface area (TPSA) is 49.4 Å². The second-order valence-corrected chi connectivity index (χ2v) is 3.44. The predicted octanol–water partition coefficient (Wildman–Crippen LogP) is 0.133. The minimum Gasteiger partial charge on any atom is -0.354 e. The normalized spacial score (nSPS) is 23.5. The maximum atomic E-state index is 11.1. The number of carbonyl (C=O) groups is 2. The molecule has 0 spiro atoms. The molecule has 1 N–H and O–H groups in total. The number of hydrogen-bond acceptors (Lipinski definition) is 2. The molecule has 0 aromatic rings. The lowest BCUT2D eigenvalue weighted by atomic mass is 10.1. The van der Waals surface area contributed by atoms with E-state index in [1.807, 2.05) is 0 Å². The predicted molar refractivity (Wildman–Crippen MR) is 49.1 cm³/mol. The first kappa shape index (κ1) is 10.0. The molecule has 4 nitrogen and oxygen atoms in total. The number of hydrogen-bond donors (Lipinski definition) is 1. The van der Waals surface area contributed by atoms with Crippen LogP contribution < -0.4 is 5.32 Å². The molecule has 1 aliphatic heterocycles. The lowest BCUT2D eigenvalue weighted by Gasteiger charge is -2.22. The van der Waals surface area contributed by atoms with Crippen LogP contribution >= 0.6 is 0 Å². The fourth-order valence-corrected chi connectivity index (χ4v) is 1.66. The van der Waals surface area contributed by atoms with Crippen LogP contribution in [0.3, 0.4) is 0 Å². The second kappa shape index (κ2) is 4.84. The van der Waals surface area contributed by atoms with Crippen molar-refractivity contribution in [3.8, 4) is 0 Å². The summed E-state index contributed by atoms with van der Waals surface area (Å²) in [6, 6.07) is 0.142. The van der Waals surface area contributed by atoms with Gasteiger partial charge in [-0.1, -0.05) is 0 Å². The van der Waals surface area contributed by atoms with Gasteiger partial charge in [0.2, 0.25) is 12.3 Å². The van der Waals surface area contributed by atoms with E-state index in [0.717, 1.165) is 25.8 Å². The van der Waals surface area contributed by atoms with Crippen molar-refractivity contribution in [1.82, 2.24) is 10.2 Å². The summed E-state index contributed by atoms with van der Waals surface area (Å²) in [5, 5.41) is 2.73. The van der Waals surface area contributed by atoms with Gasteiger partial charge >= 0.3 is 0 Å². The first-order chi connectivity index (χ1) is 6.24. The van der Waals surface area contributed by atoms with Crippen molar-refractivity contribution in [3.63, 3.8) is 0 Å². The molecule has 0 aromatic heterocycles. The summed E-state index contributed by atoms with van der Waals surface area (Å²) in [7, 11) is 0. The highest BCUT2D eigenvalue weighted by Crippen LogP contribution is 2.10. The highest BCUT2D eigenvalue weighted by molar-refractivity contribution is 5.73. The third-order valence-electron chi connectivity index (χ3n) is 2.42. The van der Waals surface area contributed by atoms with Crippen molar-refractivity contribution < 1.29 is 9.59 Å². The summed E-state index contributed by atoms with van der Waals surface area (Å²) < 4.78 is 0. The Morgan fingerprint density at radius 1 is 1.54 bits per heavy atom. The maximum absolute atomic E-state index is 11.1. The van der Waals surface area contributed by atoms with Crippen LogP contribution in [0.4, 0.5) is 0 Å². The van der Waals surface area contributed by atoms with Gasteiger partial charge in [-0.15, -0.1) is 0 Å². The minimum absolute atomic E-state index is 0.0969. The Labute approximate surface area is 78.3 Å². The summed E-state index contributed by atoms with van der Waals surface area (Å²) >= 11 is 0. The minimum atomic E-state index is 0.0969. The van der Waals surface area contributed by atoms with Crippen molar-refractivity contribution >= 4 is 12.3 Å². The lowest BCUT2D eigenvalue weighted by Crippen LogP contribution is -2.41. The van der Waals surface area contributed by atoms with Crippen LogP contribution in [0.1, 0.15) is 26.2 Å².